The minimum absolute atomic E-state index is 0.0123. The molecule has 1 aliphatic heterocycles. The van der Waals surface area contributed by atoms with Crippen LogP contribution in [0.15, 0.2) is 41.3 Å². The molecule has 40 heavy (non-hydrogen) atoms. The van der Waals surface area contributed by atoms with E-state index in [1.54, 1.807) is 31.5 Å². The Kier molecular flexibility index (Phi) is 7.96. The molecular formula is C27H30F3N5O5. The van der Waals surface area contributed by atoms with Gasteiger partial charge in [0.2, 0.25) is 0 Å². The van der Waals surface area contributed by atoms with Gasteiger partial charge < -0.3 is 24.5 Å². The maximum atomic E-state index is 13.2. The quantitative estimate of drug-likeness (QED) is 0.392. The number of methoxy groups -OCH3 is 1. The average Bonchev–Trinajstić information content (AvgIpc) is 3.24. The van der Waals surface area contributed by atoms with Gasteiger partial charge in [-0.1, -0.05) is 12.1 Å². The summed E-state index contributed by atoms with van der Waals surface area (Å²) in [6.45, 7) is 5.25. The molecule has 3 atom stereocenters. The number of nitrogens with one attached hydrogen (secondary N) is 2. The number of rotatable bonds is 7. The summed E-state index contributed by atoms with van der Waals surface area (Å²) in [5.74, 6) is -0.345. The highest BCUT2D eigenvalue weighted by Gasteiger charge is 2.43. The number of aromatic amines is 1. The largest absolute Gasteiger partial charge is 0.458 e. The number of aromatic nitrogens is 3. The van der Waals surface area contributed by atoms with Crippen molar-refractivity contribution >= 4 is 28.4 Å². The SMILES string of the molecule is CO[C@@H](c1ccc(Nc2nn([C@]3(CC#N)CC[C@@H](C(=O)OC(C)(C)C)OC3)c3cc[nH]c(=O)c23)cc1)C(F)(F)F. The number of halogens is 3. The number of pyridine rings is 1. The molecule has 0 radical (unpaired) electrons. The predicted octanol–water partition coefficient (Wildman–Crippen LogP) is 4.85. The summed E-state index contributed by atoms with van der Waals surface area (Å²) in [7, 11) is 0.983. The van der Waals surface area contributed by atoms with Gasteiger partial charge in [0.15, 0.2) is 18.0 Å². The van der Waals surface area contributed by atoms with E-state index in [0.717, 1.165) is 7.11 Å². The van der Waals surface area contributed by atoms with Gasteiger partial charge >= 0.3 is 12.1 Å². The van der Waals surface area contributed by atoms with Crippen LogP contribution in [0, 0.1) is 11.3 Å². The van der Waals surface area contributed by atoms with Crippen LogP contribution in [0.2, 0.25) is 0 Å². The Morgan fingerprint density at radius 1 is 1.30 bits per heavy atom. The summed E-state index contributed by atoms with van der Waals surface area (Å²) < 4.78 is 57.2. The number of nitrogens with zero attached hydrogens (tertiary/aromatic N) is 3. The number of hydrogen-bond acceptors (Lipinski definition) is 8. The summed E-state index contributed by atoms with van der Waals surface area (Å²) in [6.07, 6.45) is -5.40. The summed E-state index contributed by atoms with van der Waals surface area (Å²) in [5, 5.41) is 17.5. The Morgan fingerprint density at radius 2 is 2.00 bits per heavy atom. The van der Waals surface area contributed by atoms with Crippen LogP contribution in [0.5, 0.6) is 0 Å². The highest BCUT2D eigenvalue weighted by Crippen LogP contribution is 2.38. The Morgan fingerprint density at radius 3 is 2.55 bits per heavy atom. The second kappa shape index (κ2) is 10.9. The van der Waals surface area contributed by atoms with Crippen LogP contribution in [-0.4, -0.2) is 52.3 Å². The molecular weight excluding hydrogens is 531 g/mol. The van der Waals surface area contributed by atoms with Crippen LogP contribution in [0.1, 0.15) is 51.7 Å². The standard InChI is InChI=1S/C27H30F3N5O5/c1-25(2,3)40-24(37)19-9-11-26(12-13-31,15-39-19)35-18-10-14-32-23(36)20(18)22(34-35)33-17-7-5-16(6-8-17)21(38-4)27(28,29)30/h5-8,10,14,19,21H,9,11-12,15H2,1-4H3,(H,32,36)(H,33,34)/t19-,21-,26-/m0/s1. The molecule has 2 aromatic heterocycles. The van der Waals surface area contributed by atoms with Crippen molar-refractivity contribution in [2.75, 3.05) is 19.0 Å². The van der Waals surface area contributed by atoms with Crippen molar-refractivity contribution < 1.29 is 32.2 Å². The number of fused-ring (bicyclic) bond motifs is 1. The van der Waals surface area contributed by atoms with Gasteiger partial charge in [-0.3, -0.25) is 9.48 Å². The molecule has 0 spiro atoms. The zero-order chi connectivity index (χ0) is 29.3. The first-order chi connectivity index (χ1) is 18.8. The maximum absolute atomic E-state index is 13.2. The number of H-pyrrole nitrogens is 1. The lowest BCUT2D eigenvalue weighted by Crippen LogP contribution is -2.47. The third kappa shape index (κ3) is 5.97. The molecule has 1 fully saturated rings. The molecule has 4 rings (SSSR count). The van der Waals surface area contributed by atoms with Crippen LogP contribution in [0.3, 0.4) is 0 Å². The van der Waals surface area contributed by atoms with Gasteiger partial charge in [0, 0.05) is 19.0 Å². The van der Waals surface area contributed by atoms with E-state index in [4.69, 9.17) is 9.47 Å². The number of ether oxygens (including phenoxy) is 3. The molecule has 1 aromatic carbocycles. The molecule has 3 aromatic rings. The molecule has 1 aliphatic rings. The first-order valence-corrected chi connectivity index (χ1v) is 12.6. The third-order valence-corrected chi connectivity index (χ3v) is 6.57. The molecule has 1 saturated heterocycles. The van der Waals surface area contributed by atoms with Crippen LogP contribution in [-0.2, 0) is 24.5 Å². The summed E-state index contributed by atoms with van der Waals surface area (Å²) in [5.41, 5.74) is -1.39. The number of esters is 1. The van der Waals surface area contributed by atoms with Gasteiger partial charge in [-0.05, 0) is 57.4 Å². The number of hydrogen-bond donors (Lipinski definition) is 2. The van der Waals surface area contributed by atoms with E-state index in [2.05, 4.69) is 26.2 Å². The van der Waals surface area contributed by atoms with Crippen molar-refractivity contribution in [1.29, 1.82) is 5.26 Å². The maximum Gasteiger partial charge on any atom is 0.418 e. The number of nitriles is 1. The fourth-order valence-electron chi connectivity index (χ4n) is 4.76. The van der Waals surface area contributed by atoms with Gasteiger partial charge in [-0.25, -0.2) is 4.79 Å². The fraction of sp³-hybridized carbons (Fsp3) is 0.481. The minimum Gasteiger partial charge on any atom is -0.458 e. The molecule has 214 valence electrons. The van der Waals surface area contributed by atoms with E-state index in [1.807, 2.05) is 0 Å². The molecule has 2 N–H and O–H groups in total. The monoisotopic (exact) mass is 561 g/mol. The van der Waals surface area contributed by atoms with Crippen LogP contribution in [0.25, 0.3) is 10.9 Å². The van der Waals surface area contributed by atoms with E-state index < -0.39 is 41.1 Å². The Bertz CT molecular complexity index is 1460. The molecule has 0 unspecified atom stereocenters. The van der Waals surface area contributed by atoms with E-state index in [0.29, 0.717) is 17.6 Å². The summed E-state index contributed by atoms with van der Waals surface area (Å²) in [4.78, 5) is 28.0. The smallest absolute Gasteiger partial charge is 0.418 e. The molecule has 0 amide bonds. The molecule has 0 aliphatic carbocycles. The highest BCUT2D eigenvalue weighted by molar-refractivity contribution is 5.91. The van der Waals surface area contributed by atoms with Crippen molar-refractivity contribution in [1.82, 2.24) is 14.8 Å². The zero-order valence-electron chi connectivity index (χ0n) is 22.5. The van der Waals surface area contributed by atoms with Gasteiger partial charge in [-0.15, -0.1) is 0 Å². The molecule has 0 bridgehead atoms. The lowest BCUT2D eigenvalue weighted by Gasteiger charge is -2.39. The molecule has 13 heteroatoms. The van der Waals surface area contributed by atoms with Crippen molar-refractivity contribution in [3.8, 4) is 6.07 Å². The van der Waals surface area contributed by atoms with Crippen LogP contribution >= 0.6 is 0 Å². The van der Waals surface area contributed by atoms with Crippen LogP contribution < -0.4 is 10.9 Å². The molecule has 3 heterocycles. The number of alkyl halides is 3. The fourth-order valence-corrected chi connectivity index (χ4v) is 4.76. The van der Waals surface area contributed by atoms with Crippen molar-refractivity contribution in [3.63, 3.8) is 0 Å². The first kappa shape index (κ1) is 29.1. The number of carbonyl (C=O) groups excluding carboxylic acids is 1. The highest BCUT2D eigenvalue weighted by atomic mass is 19.4. The lowest BCUT2D eigenvalue weighted by atomic mass is 9.87. The predicted molar refractivity (Wildman–Crippen MR) is 139 cm³/mol. The van der Waals surface area contributed by atoms with Gasteiger partial charge in [-0.2, -0.15) is 23.5 Å². The van der Waals surface area contributed by atoms with Crippen molar-refractivity contribution in [2.24, 2.45) is 0 Å². The normalized spacial score (nSPS) is 20.6. The average molecular weight is 562 g/mol. The van der Waals surface area contributed by atoms with Crippen molar-refractivity contribution in [2.45, 2.75) is 69.6 Å². The number of benzene rings is 1. The topological polar surface area (TPSA) is 131 Å². The molecule has 0 saturated carbocycles. The Hall–Kier alpha value is -3.89. The third-order valence-electron chi connectivity index (χ3n) is 6.57. The minimum atomic E-state index is -4.58. The number of carbonyl (C=O) groups is 1. The second-order valence-electron chi connectivity index (χ2n) is 10.7. The Balaban J connectivity index is 1.67. The second-order valence-corrected chi connectivity index (χ2v) is 10.7. The zero-order valence-corrected chi connectivity index (χ0v) is 22.5. The van der Waals surface area contributed by atoms with E-state index in [9.17, 15) is 28.0 Å². The summed E-state index contributed by atoms with van der Waals surface area (Å²) in [6, 6.07) is 9.21. The first-order valence-electron chi connectivity index (χ1n) is 12.6. The lowest BCUT2D eigenvalue weighted by molar-refractivity contribution is -0.215. The van der Waals surface area contributed by atoms with Gasteiger partial charge in [0.05, 0.1) is 30.2 Å². The van der Waals surface area contributed by atoms with Crippen LogP contribution in [0.4, 0.5) is 24.7 Å². The van der Waals surface area contributed by atoms with E-state index in [1.165, 1.54) is 30.5 Å². The Labute approximate surface area is 228 Å². The molecule has 10 nitrogen and oxygen atoms in total. The van der Waals surface area contributed by atoms with Crippen molar-refractivity contribution in [3.05, 3.63) is 52.4 Å². The summed E-state index contributed by atoms with van der Waals surface area (Å²) >= 11 is 0. The van der Waals surface area contributed by atoms with E-state index in [-0.39, 0.29) is 36.2 Å². The van der Waals surface area contributed by atoms with Gasteiger partial charge in [0.25, 0.3) is 5.56 Å². The number of anilines is 2. The van der Waals surface area contributed by atoms with Gasteiger partial charge in [0.1, 0.15) is 11.0 Å². The van der Waals surface area contributed by atoms with E-state index >= 15 is 0 Å².